The minimum Gasteiger partial charge on any atom is -0.378 e. The van der Waals surface area contributed by atoms with Gasteiger partial charge in [0.1, 0.15) is 0 Å². The lowest BCUT2D eigenvalue weighted by Crippen LogP contribution is -2.46. The van der Waals surface area contributed by atoms with E-state index in [0.29, 0.717) is 26.3 Å². The van der Waals surface area contributed by atoms with Crippen molar-refractivity contribution in [2.75, 3.05) is 52.5 Å². The zero-order chi connectivity index (χ0) is 18.9. The van der Waals surface area contributed by atoms with Gasteiger partial charge in [-0.15, -0.1) is 11.3 Å². The van der Waals surface area contributed by atoms with Gasteiger partial charge in [0.2, 0.25) is 0 Å². The van der Waals surface area contributed by atoms with E-state index >= 15 is 0 Å². The van der Waals surface area contributed by atoms with E-state index in [1.54, 1.807) is 11.3 Å². The Labute approximate surface area is 165 Å². The number of morpholine rings is 1. The number of allylic oxidation sites excluding steroid dienone is 1. The van der Waals surface area contributed by atoms with Gasteiger partial charge in [-0.3, -0.25) is 9.69 Å². The summed E-state index contributed by atoms with van der Waals surface area (Å²) in [6, 6.07) is 2.14. The molecule has 1 amide bonds. The minimum absolute atomic E-state index is 0.161. The van der Waals surface area contributed by atoms with Crippen LogP contribution < -0.4 is 0 Å². The van der Waals surface area contributed by atoms with E-state index in [1.165, 1.54) is 16.0 Å². The predicted octanol–water partition coefficient (Wildman–Crippen LogP) is 3.05. The third-order valence-electron chi connectivity index (χ3n) is 5.94. The van der Waals surface area contributed by atoms with Crippen molar-refractivity contribution >= 4 is 17.2 Å². The Bertz CT molecular complexity index is 709. The monoisotopic (exact) mass is 390 g/mol. The van der Waals surface area contributed by atoms with E-state index in [9.17, 15) is 4.79 Å². The van der Waals surface area contributed by atoms with Gasteiger partial charge in [0.25, 0.3) is 5.91 Å². The van der Waals surface area contributed by atoms with Gasteiger partial charge in [-0.2, -0.15) is 0 Å². The molecular formula is C21H30N2O3S. The number of ether oxygens (including phenoxy) is 2. The van der Waals surface area contributed by atoms with Crippen molar-refractivity contribution in [2.24, 2.45) is 0 Å². The summed E-state index contributed by atoms with van der Waals surface area (Å²) in [6.07, 6.45) is 5.26. The molecule has 27 heavy (non-hydrogen) atoms. The molecule has 0 N–H and O–H groups in total. The third kappa shape index (κ3) is 3.99. The number of fused-ring (bicyclic) bond motifs is 2. The van der Waals surface area contributed by atoms with Crippen LogP contribution in [0.3, 0.4) is 0 Å². The number of hydrogen-bond acceptors (Lipinski definition) is 5. The van der Waals surface area contributed by atoms with E-state index in [4.69, 9.17) is 9.47 Å². The van der Waals surface area contributed by atoms with Crippen LogP contribution in [-0.4, -0.2) is 68.3 Å². The molecule has 0 radical (unpaired) electrons. The van der Waals surface area contributed by atoms with Crippen molar-refractivity contribution in [2.45, 2.75) is 38.7 Å². The maximum Gasteiger partial charge on any atom is 0.264 e. The first kappa shape index (κ1) is 19.1. The Hall–Kier alpha value is -1.21. The molecule has 2 saturated heterocycles. The molecule has 3 aliphatic rings. The maximum absolute atomic E-state index is 12.9. The molecule has 0 aromatic carbocycles. The first-order valence-electron chi connectivity index (χ1n) is 10.1. The maximum atomic E-state index is 12.9. The number of thiophene rings is 1. The molecular weight excluding hydrogens is 360 g/mol. The van der Waals surface area contributed by atoms with Gasteiger partial charge in [0, 0.05) is 44.0 Å². The average molecular weight is 391 g/mol. The zero-order valence-corrected chi connectivity index (χ0v) is 17.3. The van der Waals surface area contributed by atoms with Gasteiger partial charge < -0.3 is 14.4 Å². The number of hydrogen-bond donors (Lipinski definition) is 0. The van der Waals surface area contributed by atoms with Crippen molar-refractivity contribution in [3.05, 3.63) is 33.0 Å². The summed E-state index contributed by atoms with van der Waals surface area (Å²) in [5, 5.41) is 0. The highest BCUT2D eigenvalue weighted by Gasteiger charge is 2.42. The van der Waals surface area contributed by atoms with Crippen molar-refractivity contribution in [3.63, 3.8) is 0 Å². The Balaban J connectivity index is 1.49. The van der Waals surface area contributed by atoms with Crippen molar-refractivity contribution in [1.82, 2.24) is 9.80 Å². The van der Waals surface area contributed by atoms with Crippen LogP contribution in [0.4, 0.5) is 0 Å². The van der Waals surface area contributed by atoms with Crippen LogP contribution in [0.5, 0.6) is 0 Å². The van der Waals surface area contributed by atoms with Crippen LogP contribution in [0.1, 0.15) is 46.8 Å². The standard InChI is InChI=1S/C21H30N2O3S/c1-16(2)3-7-22-8-5-21(6-9-22)17-15-19(27-18(17)4-12-26-21)20(24)23-10-13-25-14-11-23/h3,15H,4-14H2,1-2H3. The third-order valence-corrected chi connectivity index (χ3v) is 7.12. The van der Waals surface area contributed by atoms with Crippen molar-refractivity contribution in [1.29, 1.82) is 0 Å². The van der Waals surface area contributed by atoms with Gasteiger partial charge in [-0.1, -0.05) is 11.6 Å². The molecule has 0 atom stereocenters. The normalized spacial score (nSPS) is 22.5. The Kier molecular flexibility index (Phi) is 5.69. The van der Waals surface area contributed by atoms with E-state index in [-0.39, 0.29) is 11.5 Å². The number of carbonyl (C=O) groups is 1. The molecule has 148 valence electrons. The topological polar surface area (TPSA) is 42.0 Å². The average Bonchev–Trinajstić information content (AvgIpc) is 3.14. The van der Waals surface area contributed by atoms with Crippen molar-refractivity contribution < 1.29 is 14.3 Å². The lowest BCUT2D eigenvalue weighted by molar-refractivity contribution is -0.0958. The second-order valence-electron chi connectivity index (χ2n) is 8.03. The van der Waals surface area contributed by atoms with E-state index < -0.39 is 0 Å². The second-order valence-corrected chi connectivity index (χ2v) is 9.16. The largest absolute Gasteiger partial charge is 0.378 e. The highest BCUT2D eigenvalue weighted by molar-refractivity contribution is 7.14. The minimum atomic E-state index is -0.185. The number of amides is 1. The highest BCUT2D eigenvalue weighted by Crippen LogP contribution is 2.44. The lowest BCUT2D eigenvalue weighted by Gasteiger charge is -2.44. The fourth-order valence-corrected chi connectivity index (χ4v) is 5.47. The smallest absolute Gasteiger partial charge is 0.264 e. The molecule has 6 heteroatoms. The quantitative estimate of drug-likeness (QED) is 0.744. The van der Waals surface area contributed by atoms with Gasteiger partial charge in [-0.25, -0.2) is 0 Å². The molecule has 0 bridgehead atoms. The molecule has 2 fully saturated rings. The van der Waals surface area contributed by atoms with Gasteiger partial charge in [0.15, 0.2) is 0 Å². The Morgan fingerprint density at radius 3 is 2.63 bits per heavy atom. The first-order valence-corrected chi connectivity index (χ1v) is 10.9. The highest BCUT2D eigenvalue weighted by atomic mass is 32.1. The molecule has 1 spiro atoms. The van der Waals surface area contributed by atoms with Gasteiger partial charge >= 0.3 is 0 Å². The summed E-state index contributed by atoms with van der Waals surface area (Å²) in [7, 11) is 0. The van der Waals surface area contributed by atoms with Crippen LogP contribution in [0.25, 0.3) is 0 Å². The molecule has 4 rings (SSSR count). The molecule has 5 nitrogen and oxygen atoms in total. The molecule has 0 aliphatic carbocycles. The van der Waals surface area contributed by atoms with Crippen LogP contribution >= 0.6 is 11.3 Å². The fraction of sp³-hybridized carbons (Fsp3) is 0.667. The lowest BCUT2D eigenvalue weighted by atomic mass is 9.82. The SMILES string of the molecule is CC(C)=CCN1CCC2(CC1)OCCc1sc(C(=O)N3CCOCC3)cc12. The Morgan fingerprint density at radius 1 is 1.19 bits per heavy atom. The Morgan fingerprint density at radius 2 is 1.93 bits per heavy atom. The van der Waals surface area contributed by atoms with E-state index in [2.05, 4.69) is 30.9 Å². The molecule has 4 heterocycles. The number of likely N-dealkylation sites (tertiary alicyclic amines) is 1. The summed E-state index contributed by atoms with van der Waals surface area (Å²) in [5.74, 6) is 0.161. The number of piperidine rings is 1. The summed E-state index contributed by atoms with van der Waals surface area (Å²) in [5.41, 5.74) is 2.47. The second kappa shape index (κ2) is 8.03. The van der Waals surface area contributed by atoms with Crippen LogP contribution in [-0.2, 0) is 21.5 Å². The van der Waals surface area contributed by atoms with Crippen LogP contribution in [0.15, 0.2) is 17.7 Å². The van der Waals surface area contributed by atoms with Crippen LogP contribution in [0, 0.1) is 0 Å². The van der Waals surface area contributed by atoms with Gasteiger partial charge in [0.05, 0.1) is 30.3 Å². The van der Waals surface area contributed by atoms with E-state index in [1.807, 2.05) is 4.90 Å². The van der Waals surface area contributed by atoms with E-state index in [0.717, 1.165) is 50.4 Å². The zero-order valence-electron chi connectivity index (χ0n) is 16.5. The molecule has 1 aromatic heterocycles. The number of carbonyl (C=O) groups excluding carboxylic acids is 1. The molecule has 1 aromatic rings. The summed E-state index contributed by atoms with van der Waals surface area (Å²) < 4.78 is 11.7. The summed E-state index contributed by atoms with van der Waals surface area (Å²) in [6.45, 7) is 10.9. The number of nitrogens with zero attached hydrogens (tertiary/aromatic N) is 2. The van der Waals surface area contributed by atoms with Crippen LogP contribution in [0.2, 0.25) is 0 Å². The molecule has 3 aliphatic heterocycles. The molecule has 0 saturated carbocycles. The fourth-order valence-electron chi connectivity index (χ4n) is 4.27. The number of rotatable bonds is 3. The summed E-state index contributed by atoms with van der Waals surface area (Å²) >= 11 is 1.68. The van der Waals surface area contributed by atoms with Crippen molar-refractivity contribution in [3.8, 4) is 0 Å². The molecule has 0 unspecified atom stereocenters. The van der Waals surface area contributed by atoms with Gasteiger partial charge in [-0.05, 0) is 38.3 Å². The predicted molar refractivity (Wildman–Crippen MR) is 107 cm³/mol. The first-order chi connectivity index (χ1) is 13.1. The summed E-state index contributed by atoms with van der Waals surface area (Å²) in [4.78, 5) is 19.6.